The van der Waals surface area contributed by atoms with Crippen LogP contribution in [-0.4, -0.2) is 19.2 Å². The summed E-state index contributed by atoms with van der Waals surface area (Å²) in [6.45, 7) is 10.4. The van der Waals surface area contributed by atoms with Crippen LogP contribution in [-0.2, 0) is 0 Å². The van der Waals surface area contributed by atoms with E-state index in [0.717, 1.165) is 31.7 Å². The lowest BCUT2D eigenvalue weighted by molar-refractivity contribution is 0.317. The fraction of sp³-hybridized carbons (Fsp3) is 0.529. The summed E-state index contributed by atoms with van der Waals surface area (Å²) in [5, 5.41) is 3.46. The predicted octanol–water partition coefficient (Wildman–Crippen LogP) is 4.27. The Morgan fingerprint density at radius 3 is 2.42 bits per heavy atom. The molecule has 0 saturated carbocycles. The summed E-state index contributed by atoms with van der Waals surface area (Å²) in [5.74, 6) is 0.956. The number of nitrogens with one attached hydrogen (secondary N) is 1. The first kappa shape index (κ1) is 15.8. The first-order valence-electron chi connectivity index (χ1n) is 7.31. The van der Waals surface area contributed by atoms with E-state index in [1.54, 1.807) is 0 Å². The highest BCUT2D eigenvalue weighted by molar-refractivity contribution is 5.54. The zero-order valence-corrected chi connectivity index (χ0v) is 12.7. The number of hydrogen-bond acceptors (Lipinski definition) is 2. The molecule has 1 aromatic carbocycles. The maximum atomic E-state index is 5.59. The van der Waals surface area contributed by atoms with Gasteiger partial charge in [0.15, 0.2) is 0 Å². The zero-order chi connectivity index (χ0) is 14.1. The molecule has 2 nitrogen and oxygen atoms in total. The van der Waals surface area contributed by atoms with Gasteiger partial charge in [0, 0.05) is 12.6 Å². The second kappa shape index (κ2) is 8.76. The SMILES string of the molecule is CCCOc1ccc(C=C(CC)CNC(C)C)cc1. The summed E-state index contributed by atoms with van der Waals surface area (Å²) in [7, 11) is 0. The lowest BCUT2D eigenvalue weighted by Gasteiger charge is -2.10. The van der Waals surface area contributed by atoms with Gasteiger partial charge in [0.25, 0.3) is 0 Å². The van der Waals surface area contributed by atoms with Gasteiger partial charge in [0.2, 0.25) is 0 Å². The second-order valence-electron chi connectivity index (χ2n) is 5.11. The first-order valence-corrected chi connectivity index (χ1v) is 7.31. The predicted molar refractivity (Wildman–Crippen MR) is 83.6 cm³/mol. The molecule has 0 spiro atoms. The fourth-order valence-corrected chi connectivity index (χ4v) is 1.73. The maximum absolute atomic E-state index is 5.59. The van der Waals surface area contributed by atoms with Crippen LogP contribution in [0.3, 0.4) is 0 Å². The molecule has 2 heteroatoms. The zero-order valence-electron chi connectivity index (χ0n) is 12.7. The molecule has 0 saturated heterocycles. The van der Waals surface area contributed by atoms with E-state index in [1.807, 2.05) is 12.1 Å². The lowest BCUT2D eigenvalue weighted by Crippen LogP contribution is -2.24. The molecule has 0 aliphatic carbocycles. The van der Waals surface area contributed by atoms with Crippen molar-refractivity contribution >= 4 is 6.08 Å². The summed E-state index contributed by atoms with van der Waals surface area (Å²) in [5.41, 5.74) is 2.67. The molecule has 106 valence electrons. The van der Waals surface area contributed by atoms with Crippen molar-refractivity contribution in [2.75, 3.05) is 13.2 Å². The summed E-state index contributed by atoms with van der Waals surface area (Å²) >= 11 is 0. The van der Waals surface area contributed by atoms with Crippen molar-refractivity contribution in [3.05, 3.63) is 35.4 Å². The van der Waals surface area contributed by atoms with Gasteiger partial charge in [0.05, 0.1) is 6.61 Å². The summed E-state index contributed by atoms with van der Waals surface area (Å²) in [4.78, 5) is 0. The minimum Gasteiger partial charge on any atom is -0.494 e. The van der Waals surface area contributed by atoms with E-state index >= 15 is 0 Å². The van der Waals surface area contributed by atoms with Gasteiger partial charge >= 0.3 is 0 Å². The topological polar surface area (TPSA) is 21.3 Å². The van der Waals surface area contributed by atoms with Crippen molar-refractivity contribution in [2.45, 2.75) is 46.6 Å². The molecule has 1 N–H and O–H groups in total. The molecule has 0 aromatic heterocycles. The van der Waals surface area contributed by atoms with E-state index < -0.39 is 0 Å². The van der Waals surface area contributed by atoms with Crippen LogP contribution in [0.5, 0.6) is 5.75 Å². The van der Waals surface area contributed by atoms with Gasteiger partial charge in [-0.05, 0) is 30.5 Å². The van der Waals surface area contributed by atoms with Gasteiger partial charge in [0.1, 0.15) is 5.75 Å². The Bertz CT molecular complexity index is 379. The molecular weight excluding hydrogens is 234 g/mol. The van der Waals surface area contributed by atoms with Gasteiger partial charge in [-0.1, -0.05) is 51.5 Å². The molecule has 19 heavy (non-hydrogen) atoms. The largest absolute Gasteiger partial charge is 0.494 e. The third-order valence-electron chi connectivity index (χ3n) is 2.92. The molecule has 0 fully saturated rings. The van der Waals surface area contributed by atoms with Crippen molar-refractivity contribution in [1.82, 2.24) is 5.32 Å². The molecule has 0 amide bonds. The van der Waals surface area contributed by atoms with Gasteiger partial charge in [-0.15, -0.1) is 0 Å². The number of ether oxygens (including phenoxy) is 1. The van der Waals surface area contributed by atoms with E-state index in [2.05, 4.69) is 51.2 Å². The summed E-state index contributed by atoms with van der Waals surface area (Å²) in [6.07, 6.45) is 4.38. The highest BCUT2D eigenvalue weighted by Gasteiger charge is 1.98. The van der Waals surface area contributed by atoms with Crippen LogP contribution in [0.25, 0.3) is 6.08 Å². The quantitative estimate of drug-likeness (QED) is 0.754. The van der Waals surface area contributed by atoms with Gasteiger partial charge in [-0.2, -0.15) is 0 Å². The Kier molecular flexibility index (Phi) is 7.27. The molecule has 0 atom stereocenters. The molecule has 0 heterocycles. The molecule has 1 aromatic rings. The van der Waals surface area contributed by atoms with E-state index in [-0.39, 0.29) is 0 Å². The van der Waals surface area contributed by atoms with Gasteiger partial charge in [-0.25, -0.2) is 0 Å². The average molecular weight is 261 g/mol. The Labute approximate surface area is 117 Å². The van der Waals surface area contributed by atoms with Crippen LogP contribution >= 0.6 is 0 Å². The Morgan fingerprint density at radius 1 is 1.21 bits per heavy atom. The summed E-state index contributed by atoms with van der Waals surface area (Å²) < 4.78 is 5.59. The fourth-order valence-electron chi connectivity index (χ4n) is 1.73. The normalized spacial score (nSPS) is 11.9. The van der Waals surface area contributed by atoms with E-state index in [1.165, 1.54) is 11.1 Å². The van der Waals surface area contributed by atoms with Gasteiger partial charge in [-0.3, -0.25) is 0 Å². The van der Waals surface area contributed by atoms with Crippen LogP contribution in [0.4, 0.5) is 0 Å². The Morgan fingerprint density at radius 2 is 1.89 bits per heavy atom. The van der Waals surface area contributed by atoms with Crippen molar-refractivity contribution in [1.29, 1.82) is 0 Å². The number of hydrogen-bond donors (Lipinski definition) is 1. The van der Waals surface area contributed by atoms with Crippen LogP contribution in [0.2, 0.25) is 0 Å². The Balaban J connectivity index is 2.62. The molecule has 0 aliphatic heterocycles. The van der Waals surface area contributed by atoms with E-state index in [0.29, 0.717) is 6.04 Å². The molecular formula is C17H27NO. The van der Waals surface area contributed by atoms with Crippen LogP contribution < -0.4 is 10.1 Å². The smallest absolute Gasteiger partial charge is 0.119 e. The first-order chi connectivity index (χ1) is 9.15. The van der Waals surface area contributed by atoms with Crippen molar-refractivity contribution < 1.29 is 4.74 Å². The molecule has 0 unspecified atom stereocenters. The van der Waals surface area contributed by atoms with Gasteiger partial charge < -0.3 is 10.1 Å². The molecule has 0 aliphatic rings. The molecule has 0 bridgehead atoms. The van der Waals surface area contributed by atoms with Crippen LogP contribution in [0.15, 0.2) is 29.8 Å². The standard InChI is InChI=1S/C17H27NO/c1-5-11-19-17-9-7-16(8-10-17)12-15(6-2)13-18-14(3)4/h7-10,12,14,18H,5-6,11,13H2,1-4H3. The summed E-state index contributed by atoms with van der Waals surface area (Å²) in [6, 6.07) is 8.86. The van der Waals surface area contributed by atoms with Crippen LogP contribution in [0.1, 0.15) is 46.1 Å². The second-order valence-corrected chi connectivity index (χ2v) is 5.11. The minimum absolute atomic E-state index is 0.528. The highest BCUT2D eigenvalue weighted by atomic mass is 16.5. The monoisotopic (exact) mass is 261 g/mol. The minimum atomic E-state index is 0.528. The van der Waals surface area contributed by atoms with Crippen LogP contribution in [0, 0.1) is 0 Å². The third-order valence-corrected chi connectivity index (χ3v) is 2.92. The lowest BCUT2D eigenvalue weighted by atomic mass is 10.1. The van der Waals surface area contributed by atoms with E-state index in [4.69, 9.17) is 4.74 Å². The van der Waals surface area contributed by atoms with E-state index in [9.17, 15) is 0 Å². The number of rotatable bonds is 8. The third kappa shape index (κ3) is 6.44. The number of benzene rings is 1. The molecule has 1 rings (SSSR count). The molecule has 0 radical (unpaired) electrons. The van der Waals surface area contributed by atoms with Crippen molar-refractivity contribution in [3.8, 4) is 5.75 Å². The average Bonchev–Trinajstić information content (AvgIpc) is 2.42. The van der Waals surface area contributed by atoms with Crippen molar-refractivity contribution in [2.24, 2.45) is 0 Å². The van der Waals surface area contributed by atoms with Crippen molar-refractivity contribution in [3.63, 3.8) is 0 Å². The maximum Gasteiger partial charge on any atom is 0.119 e. The Hall–Kier alpha value is -1.28. The highest BCUT2D eigenvalue weighted by Crippen LogP contribution is 2.15.